The van der Waals surface area contributed by atoms with Gasteiger partial charge in [0.05, 0.1) is 12.3 Å². The van der Waals surface area contributed by atoms with E-state index >= 15 is 0 Å². The first-order valence-electron chi connectivity index (χ1n) is 9.40. The normalized spacial score (nSPS) is 21.2. The van der Waals surface area contributed by atoms with Gasteiger partial charge in [-0.2, -0.15) is 4.98 Å². The second-order valence-electron chi connectivity index (χ2n) is 7.14. The van der Waals surface area contributed by atoms with Crippen LogP contribution in [-0.4, -0.2) is 53.3 Å². The number of anilines is 2. The Balaban J connectivity index is 1.50. The quantitative estimate of drug-likeness (QED) is 0.904. The van der Waals surface area contributed by atoms with Crippen molar-refractivity contribution >= 4 is 11.8 Å². The van der Waals surface area contributed by atoms with E-state index in [1.807, 2.05) is 13.2 Å². The van der Waals surface area contributed by atoms with Gasteiger partial charge in [-0.3, -0.25) is 0 Å². The standard InChI is InChI=1S/C19H26N6O/c1-13-10-21-12-22-18(13)14-3-6-25(7-4-14)17-9-16(15-5-8-26-11-15)23-19(20-2)24-17/h9-10,12,14-15H,3-8,11H2,1-2H3,(H,20,23,24). The first kappa shape index (κ1) is 17.1. The van der Waals surface area contributed by atoms with Gasteiger partial charge in [0.1, 0.15) is 12.1 Å². The summed E-state index contributed by atoms with van der Waals surface area (Å²) in [6.45, 7) is 5.64. The van der Waals surface area contributed by atoms with Crippen molar-refractivity contribution in [2.24, 2.45) is 0 Å². The fraction of sp³-hybridized carbons (Fsp3) is 0.579. The molecule has 0 bridgehead atoms. The van der Waals surface area contributed by atoms with E-state index in [0.29, 0.717) is 17.8 Å². The second-order valence-corrected chi connectivity index (χ2v) is 7.14. The highest BCUT2D eigenvalue weighted by Crippen LogP contribution is 2.32. The van der Waals surface area contributed by atoms with Crippen molar-refractivity contribution in [3.63, 3.8) is 0 Å². The molecule has 2 aromatic rings. The Bertz CT molecular complexity index is 753. The summed E-state index contributed by atoms with van der Waals surface area (Å²) < 4.78 is 5.54. The van der Waals surface area contributed by atoms with Crippen molar-refractivity contribution in [2.75, 3.05) is 43.6 Å². The molecule has 7 heteroatoms. The Morgan fingerprint density at radius 1 is 1.15 bits per heavy atom. The van der Waals surface area contributed by atoms with Gasteiger partial charge in [0.25, 0.3) is 0 Å². The Labute approximate surface area is 154 Å². The van der Waals surface area contributed by atoms with E-state index in [9.17, 15) is 0 Å². The van der Waals surface area contributed by atoms with Crippen LogP contribution >= 0.6 is 0 Å². The Morgan fingerprint density at radius 2 is 2.00 bits per heavy atom. The van der Waals surface area contributed by atoms with Gasteiger partial charge in [-0.15, -0.1) is 0 Å². The molecule has 7 nitrogen and oxygen atoms in total. The lowest BCUT2D eigenvalue weighted by molar-refractivity contribution is 0.193. The van der Waals surface area contributed by atoms with Crippen LogP contribution in [0.1, 0.15) is 48.0 Å². The van der Waals surface area contributed by atoms with E-state index in [0.717, 1.165) is 57.1 Å². The first-order chi connectivity index (χ1) is 12.7. The van der Waals surface area contributed by atoms with Crippen molar-refractivity contribution in [2.45, 2.75) is 38.0 Å². The summed E-state index contributed by atoms with van der Waals surface area (Å²) in [4.78, 5) is 20.4. The van der Waals surface area contributed by atoms with Gasteiger partial charge in [0.2, 0.25) is 5.95 Å². The number of nitrogens with zero attached hydrogens (tertiary/aromatic N) is 5. The Kier molecular flexibility index (Phi) is 4.97. The van der Waals surface area contributed by atoms with Crippen LogP contribution in [0, 0.1) is 6.92 Å². The molecule has 2 fully saturated rings. The smallest absolute Gasteiger partial charge is 0.224 e. The number of piperidine rings is 1. The van der Waals surface area contributed by atoms with Crippen LogP contribution < -0.4 is 10.2 Å². The van der Waals surface area contributed by atoms with E-state index in [4.69, 9.17) is 9.72 Å². The van der Waals surface area contributed by atoms with Crippen molar-refractivity contribution < 1.29 is 4.74 Å². The third kappa shape index (κ3) is 3.49. The molecule has 138 valence electrons. The highest BCUT2D eigenvalue weighted by molar-refractivity contribution is 5.46. The van der Waals surface area contributed by atoms with Crippen molar-refractivity contribution in [1.82, 2.24) is 19.9 Å². The van der Waals surface area contributed by atoms with E-state index in [1.54, 1.807) is 6.33 Å². The van der Waals surface area contributed by atoms with Crippen LogP contribution in [0.3, 0.4) is 0 Å². The zero-order chi connectivity index (χ0) is 17.9. The molecule has 26 heavy (non-hydrogen) atoms. The summed E-state index contributed by atoms with van der Waals surface area (Å²) in [6.07, 6.45) is 6.77. The SMILES string of the molecule is CNc1nc(C2CCOC2)cc(N2CCC(c3ncncc3C)CC2)n1. The van der Waals surface area contributed by atoms with Crippen LogP contribution in [0.15, 0.2) is 18.6 Å². The highest BCUT2D eigenvalue weighted by atomic mass is 16.5. The van der Waals surface area contributed by atoms with Gasteiger partial charge in [-0.25, -0.2) is 15.0 Å². The van der Waals surface area contributed by atoms with Crippen LogP contribution in [-0.2, 0) is 4.74 Å². The minimum atomic E-state index is 0.380. The molecular weight excluding hydrogens is 328 g/mol. The fourth-order valence-corrected chi connectivity index (χ4v) is 3.92. The molecule has 0 amide bonds. The predicted molar refractivity (Wildman–Crippen MR) is 101 cm³/mol. The number of hydrogen-bond acceptors (Lipinski definition) is 7. The molecule has 2 saturated heterocycles. The molecule has 1 atom stereocenters. The topological polar surface area (TPSA) is 76.1 Å². The molecule has 2 aliphatic rings. The number of hydrogen-bond donors (Lipinski definition) is 1. The summed E-state index contributed by atoms with van der Waals surface area (Å²) in [5, 5.41) is 3.11. The maximum atomic E-state index is 5.54. The third-order valence-electron chi connectivity index (χ3n) is 5.45. The van der Waals surface area contributed by atoms with Gasteiger partial charge in [-0.1, -0.05) is 0 Å². The Hall–Kier alpha value is -2.28. The molecule has 0 aromatic carbocycles. The monoisotopic (exact) mass is 354 g/mol. The summed E-state index contributed by atoms with van der Waals surface area (Å²) in [5.74, 6) is 2.59. The minimum Gasteiger partial charge on any atom is -0.381 e. The Morgan fingerprint density at radius 3 is 2.69 bits per heavy atom. The molecule has 4 heterocycles. The van der Waals surface area contributed by atoms with Gasteiger partial charge in [-0.05, 0) is 31.7 Å². The molecule has 4 rings (SSSR count). The highest BCUT2D eigenvalue weighted by Gasteiger charge is 2.26. The fourth-order valence-electron chi connectivity index (χ4n) is 3.92. The molecule has 1 unspecified atom stereocenters. The lowest BCUT2D eigenvalue weighted by Crippen LogP contribution is -2.34. The van der Waals surface area contributed by atoms with Crippen molar-refractivity contribution in [1.29, 1.82) is 0 Å². The second kappa shape index (κ2) is 7.53. The van der Waals surface area contributed by atoms with Gasteiger partial charge >= 0.3 is 0 Å². The van der Waals surface area contributed by atoms with E-state index in [1.165, 1.54) is 11.3 Å². The largest absolute Gasteiger partial charge is 0.381 e. The summed E-state index contributed by atoms with van der Waals surface area (Å²) >= 11 is 0. The number of ether oxygens (including phenoxy) is 1. The maximum absolute atomic E-state index is 5.54. The molecule has 0 radical (unpaired) electrons. The van der Waals surface area contributed by atoms with Crippen LogP contribution in [0.2, 0.25) is 0 Å². The van der Waals surface area contributed by atoms with Crippen LogP contribution in [0.4, 0.5) is 11.8 Å². The molecule has 0 saturated carbocycles. The molecular formula is C19H26N6O. The molecule has 0 aliphatic carbocycles. The van der Waals surface area contributed by atoms with Gasteiger partial charge in [0.15, 0.2) is 0 Å². The average molecular weight is 354 g/mol. The molecule has 1 N–H and O–H groups in total. The van der Waals surface area contributed by atoms with Crippen LogP contribution in [0.25, 0.3) is 0 Å². The zero-order valence-corrected chi connectivity index (χ0v) is 15.5. The number of nitrogens with one attached hydrogen (secondary N) is 1. The van der Waals surface area contributed by atoms with Gasteiger partial charge < -0.3 is 15.0 Å². The summed E-state index contributed by atoms with van der Waals surface area (Å²) in [6, 6.07) is 2.15. The van der Waals surface area contributed by atoms with E-state index < -0.39 is 0 Å². The molecule has 2 aromatic heterocycles. The minimum absolute atomic E-state index is 0.380. The molecule has 2 aliphatic heterocycles. The van der Waals surface area contributed by atoms with E-state index in [2.05, 4.69) is 38.2 Å². The summed E-state index contributed by atoms with van der Waals surface area (Å²) in [5.41, 5.74) is 3.47. The zero-order valence-electron chi connectivity index (χ0n) is 15.5. The molecule has 0 spiro atoms. The van der Waals surface area contributed by atoms with E-state index in [-0.39, 0.29) is 0 Å². The lowest BCUT2D eigenvalue weighted by atomic mass is 9.91. The maximum Gasteiger partial charge on any atom is 0.224 e. The summed E-state index contributed by atoms with van der Waals surface area (Å²) in [7, 11) is 1.87. The lowest BCUT2D eigenvalue weighted by Gasteiger charge is -2.33. The number of aryl methyl sites for hydroxylation is 1. The van der Waals surface area contributed by atoms with Gasteiger partial charge in [0, 0.05) is 56.5 Å². The van der Waals surface area contributed by atoms with Crippen molar-refractivity contribution in [3.05, 3.63) is 35.5 Å². The average Bonchev–Trinajstić information content (AvgIpc) is 3.23. The van der Waals surface area contributed by atoms with Crippen LogP contribution in [0.5, 0.6) is 0 Å². The first-order valence-corrected chi connectivity index (χ1v) is 9.40. The third-order valence-corrected chi connectivity index (χ3v) is 5.45. The number of rotatable bonds is 4. The predicted octanol–water partition coefficient (Wildman–Crippen LogP) is 2.50. The number of aromatic nitrogens is 4. The van der Waals surface area contributed by atoms with Crippen molar-refractivity contribution in [3.8, 4) is 0 Å².